The number of carboxylic acids is 1. The molecule has 0 aliphatic carbocycles. The third-order valence-electron chi connectivity index (χ3n) is 6.78. The second-order valence-corrected chi connectivity index (χ2v) is 9.68. The van der Waals surface area contributed by atoms with Crippen molar-refractivity contribution in [2.24, 2.45) is 0 Å². The molecule has 5 N–H and O–H groups in total. The number of aromatic nitrogens is 1. The molecule has 9 nitrogen and oxygen atoms in total. The first-order valence-electron chi connectivity index (χ1n) is 13.3. The lowest BCUT2D eigenvalue weighted by Crippen LogP contribution is -2.42. The Labute approximate surface area is 241 Å². The highest BCUT2D eigenvalue weighted by atomic mass is 16.4. The predicted octanol–water partition coefficient (Wildman–Crippen LogP) is 5.03. The summed E-state index contributed by atoms with van der Waals surface area (Å²) in [7, 11) is 0. The monoisotopic (exact) mass is 560 g/mol. The fourth-order valence-corrected chi connectivity index (χ4v) is 4.70. The molecule has 0 saturated heterocycles. The minimum atomic E-state index is -1.21. The van der Waals surface area contributed by atoms with E-state index >= 15 is 0 Å². The van der Waals surface area contributed by atoms with Crippen LogP contribution in [-0.2, 0) is 22.4 Å². The van der Waals surface area contributed by atoms with Crippen LogP contribution < -0.4 is 16.0 Å². The van der Waals surface area contributed by atoms with Crippen molar-refractivity contribution in [1.82, 2.24) is 10.3 Å². The number of fused-ring (bicyclic) bond motifs is 1. The number of hydrogen-bond donors (Lipinski definition) is 5. The quantitative estimate of drug-likeness (QED) is 0.163. The minimum Gasteiger partial charge on any atom is -0.480 e. The lowest BCUT2D eigenvalue weighted by atomic mass is 10.0. The maximum absolute atomic E-state index is 13.3. The van der Waals surface area contributed by atoms with E-state index in [1.807, 2.05) is 54.6 Å². The van der Waals surface area contributed by atoms with Crippen LogP contribution in [0.25, 0.3) is 10.9 Å². The zero-order valence-corrected chi connectivity index (χ0v) is 22.5. The number of carbonyl (C=O) groups is 4. The van der Waals surface area contributed by atoms with Gasteiger partial charge in [-0.15, -0.1) is 0 Å². The first-order valence-corrected chi connectivity index (χ1v) is 13.3. The average molecular weight is 561 g/mol. The van der Waals surface area contributed by atoms with Gasteiger partial charge in [0.2, 0.25) is 5.91 Å². The predicted molar refractivity (Wildman–Crippen MR) is 161 cm³/mol. The molecule has 5 aromatic rings. The van der Waals surface area contributed by atoms with E-state index in [0.717, 1.165) is 22.0 Å². The molecule has 1 aromatic heterocycles. The van der Waals surface area contributed by atoms with Crippen LogP contribution in [0.15, 0.2) is 109 Å². The van der Waals surface area contributed by atoms with E-state index in [9.17, 15) is 24.3 Å². The van der Waals surface area contributed by atoms with Crippen molar-refractivity contribution in [1.29, 1.82) is 0 Å². The van der Waals surface area contributed by atoms with Gasteiger partial charge in [-0.3, -0.25) is 14.4 Å². The highest BCUT2D eigenvalue weighted by Crippen LogP contribution is 2.22. The molecule has 0 aliphatic rings. The Bertz CT molecular complexity index is 1760. The Hall–Kier alpha value is -5.70. The summed E-state index contributed by atoms with van der Waals surface area (Å²) in [5.41, 5.74) is 3.28. The molecule has 0 unspecified atom stereocenters. The second-order valence-electron chi connectivity index (χ2n) is 9.68. The molecule has 0 radical (unpaired) electrons. The van der Waals surface area contributed by atoms with Gasteiger partial charge in [-0.05, 0) is 41.5 Å². The minimum absolute atomic E-state index is 0.0651. The van der Waals surface area contributed by atoms with Crippen molar-refractivity contribution in [3.05, 3.63) is 132 Å². The van der Waals surface area contributed by atoms with E-state index in [4.69, 9.17) is 0 Å². The zero-order chi connectivity index (χ0) is 29.5. The standard InChI is InChI=1S/C33H28N4O5/c38-30(18-21-10-2-1-3-11-21)35-27-16-8-5-13-24(27)31(39)36-28-17-9-6-14-25(28)32(40)37-29(33(41)42)19-22-20-34-26-15-7-4-12-23(22)26/h1-17,20,29,34H,18-19H2,(H,35,38)(H,36,39)(H,37,40)(H,41,42)/t29-/m0/s1. The molecule has 9 heteroatoms. The van der Waals surface area contributed by atoms with Crippen molar-refractivity contribution in [2.75, 3.05) is 10.6 Å². The lowest BCUT2D eigenvalue weighted by Gasteiger charge is -2.17. The number of para-hydroxylation sites is 3. The molecule has 0 fully saturated rings. The number of benzene rings is 4. The number of hydrogen-bond acceptors (Lipinski definition) is 4. The topological polar surface area (TPSA) is 140 Å². The van der Waals surface area contributed by atoms with Crippen LogP contribution in [-0.4, -0.2) is 39.8 Å². The number of rotatable bonds is 10. The highest BCUT2D eigenvalue weighted by molar-refractivity contribution is 6.13. The van der Waals surface area contributed by atoms with Crippen LogP contribution in [0, 0.1) is 0 Å². The molecule has 5 rings (SSSR count). The van der Waals surface area contributed by atoms with Gasteiger partial charge in [0.1, 0.15) is 6.04 Å². The Morgan fingerprint density at radius 3 is 2.00 bits per heavy atom. The van der Waals surface area contributed by atoms with Gasteiger partial charge in [0, 0.05) is 23.5 Å². The number of amides is 3. The molecule has 4 aromatic carbocycles. The van der Waals surface area contributed by atoms with Gasteiger partial charge in [-0.2, -0.15) is 0 Å². The van der Waals surface area contributed by atoms with Gasteiger partial charge < -0.3 is 26.0 Å². The number of aromatic amines is 1. The van der Waals surface area contributed by atoms with Crippen molar-refractivity contribution < 1.29 is 24.3 Å². The molecule has 3 amide bonds. The summed E-state index contributed by atoms with van der Waals surface area (Å²) in [6.07, 6.45) is 1.94. The first-order chi connectivity index (χ1) is 20.4. The van der Waals surface area contributed by atoms with Crippen LogP contribution >= 0.6 is 0 Å². The van der Waals surface area contributed by atoms with E-state index in [2.05, 4.69) is 20.9 Å². The van der Waals surface area contributed by atoms with Crippen molar-refractivity contribution >= 4 is 46.0 Å². The van der Waals surface area contributed by atoms with Crippen molar-refractivity contribution in [2.45, 2.75) is 18.9 Å². The van der Waals surface area contributed by atoms with E-state index in [1.54, 1.807) is 48.7 Å². The van der Waals surface area contributed by atoms with Gasteiger partial charge in [0.05, 0.1) is 28.9 Å². The molecular formula is C33H28N4O5. The van der Waals surface area contributed by atoms with Gasteiger partial charge in [0.25, 0.3) is 11.8 Å². The van der Waals surface area contributed by atoms with E-state index < -0.39 is 23.8 Å². The van der Waals surface area contributed by atoms with Crippen LogP contribution in [0.4, 0.5) is 11.4 Å². The van der Waals surface area contributed by atoms with Gasteiger partial charge >= 0.3 is 5.97 Å². The van der Waals surface area contributed by atoms with Crippen molar-refractivity contribution in [3.8, 4) is 0 Å². The summed E-state index contributed by atoms with van der Waals surface area (Å²) in [5.74, 6) is -2.66. The van der Waals surface area contributed by atoms with Crippen LogP contribution in [0.3, 0.4) is 0 Å². The number of carbonyl (C=O) groups excluding carboxylic acids is 3. The van der Waals surface area contributed by atoms with Gasteiger partial charge in [-0.25, -0.2) is 4.79 Å². The Balaban J connectivity index is 1.30. The Kier molecular flexibility index (Phi) is 8.39. The zero-order valence-electron chi connectivity index (χ0n) is 22.5. The average Bonchev–Trinajstić information content (AvgIpc) is 3.40. The molecule has 0 aliphatic heterocycles. The summed E-state index contributed by atoms with van der Waals surface area (Å²) in [4.78, 5) is 54.5. The SMILES string of the molecule is O=C(Cc1ccccc1)Nc1ccccc1C(=O)Nc1ccccc1C(=O)N[C@@H](Cc1c[nH]c2ccccc12)C(=O)O. The Morgan fingerprint density at radius 1 is 0.690 bits per heavy atom. The van der Waals surface area contributed by atoms with Crippen LogP contribution in [0.5, 0.6) is 0 Å². The fraction of sp³-hybridized carbons (Fsp3) is 0.0909. The fourth-order valence-electron chi connectivity index (χ4n) is 4.70. The maximum atomic E-state index is 13.3. The molecule has 0 saturated carbocycles. The molecule has 0 bridgehead atoms. The maximum Gasteiger partial charge on any atom is 0.326 e. The summed E-state index contributed by atoms with van der Waals surface area (Å²) >= 11 is 0. The summed E-state index contributed by atoms with van der Waals surface area (Å²) < 4.78 is 0. The Morgan fingerprint density at radius 2 is 1.29 bits per heavy atom. The number of H-pyrrole nitrogens is 1. The van der Waals surface area contributed by atoms with E-state index in [0.29, 0.717) is 5.69 Å². The van der Waals surface area contributed by atoms with Gasteiger partial charge in [0.15, 0.2) is 0 Å². The molecule has 0 spiro atoms. The van der Waals surface area contributed by atoms with Gasteiger partial charge in [-0.1, -0.05) is 72.8 Å². The molecule has 210 valence electrons. The number of aliphatic carboxylic acids is 1. The number of nitrogens with one attached hydrogen (secondary N) is 4. The van der Waals surface area contributed by atoms with Crippen LogP contribution in [0.1, 0.15) is 31.8 Å². The molecule has 1 heterocycles. The first kappa shape index (κ1) is 27.9. The molecular weight excluding hydrogens is 532 g/mol. The normalized spacial score (nSPS) is 11.4. The summed E-state index contributed by atoms with van der Waals surface area (Å²) in [5, 5.41) is 18.9. The largest absolute Gasteiger partial charge is 0.480 e. The summed E-state index contributed by atoms with van der Waals surface area (Å²) in [6.45, 7) is 0. The van der Waals surface area contributed by atoms with E-state index in [1.165, 1.54) is 6.07 Å². The smallest absolute Gasteiger partial charge is 0.326 e. The van der Waals surface area contributed by atoms with E-state index in [-0.39, 0.29) is 35.6 Å². The van der Waals surface area contributed by atoms with Crippen LogP contribution in [0.2, 0.25) is 0 Å². The molecule has 1 atom stereocenters. The van der Waals surface area contributed by atoms with Crippen molar-refractivity contribution in [3.63, 3.8) is 0 Å². The summed E-state index contributed by atoms with van der Waals surface area (Å²) in [6, 6.07) is 28.4. The third kappa shape index (κ3) is 6.53. The third-order valence-corrected chi connectivity index (χ3v) is 6.78. The number of carboxylic acid groups (broad SMARTS) is 1. The molecule has 42 heavy (non-hydrogen) atoms. The second kappa shape index (κ2) is 12.6. The lowest BCUT2D eigenvalue weighted by molar-refractivity contribution is -0.139. The number of anilines is 2. The highest BCUT2D eigenvalue weighted by Gasteiger charge is 2.24.